The average molecular weight is 887 g/mol. The molecule has 0 heterocycles. The monoisotopic (exact) mass is 886 g/mol. The van der Waals surface area contributed by atoms with Crippen molar-refractivity contribution >= 4 is 0 Å². The van der Waals surface area contributed by atoms with E-state index in [0.717, 1.165) is 58.4 Å². The second kappa shape index (κ2) is 19.9. The van der Waals surface area contributed by atoms with Gasteiger partial charge in [0.05, 0.1) is 5.56 Å². The van der Waals surface area contributed by atoms with Gasteiger partial charge in [-0.15, -0.1) is 0 Å². The average Bonchev–Trinajstić information content (AvgIpc) is 3.19. The molecule has 0 fully saturated rings. The van der Waals surface area contributed by atoms with Crippen molar-refractivity contribution in [1.82, 2.24) is 0 Å². The highest BCUT2D eigenvalue weighted by atomic mass is 19.4. The molecule has 0 atom stereocenters. The lowest BCUT2D eigenvalue weighted by molar-refractivity contribution is -0.288. The molecule has 0 radical (unpaired) electrons. The Bertz CT molecular complexity index is 2520. The molecule has 64 heavy (non-hydrogen) atoms. The van der Waals surface area contributed by atoms with Crippen LogP contribution in [0.4, 0.5) is 39.5 Å². The van der Waals surface area contributed by atoms with Gasteiger partial charge in [-0.25, -0.2) is 0 Å². The van der Waals surface area contributed by atoms with Gasteiger partial charge in [-0.1, -0.05) is 131 Å². The summed E-state index contributed by atoms with van der Waals surface area (Å²) in [4.78, 5) is 0. The summed E-state index contributed by atoms with van der Waals surface area (Å²) in [6.07, 6.45) is -15.4. The van der Waals surface area contributed by atoms with E-state index in [4.69, 9.17) is 9.47 Å². The van der Waals surface area contributed by atoms with Crippen LogP contribution in [0.5, 0.6) is 23.0 Å². The largest absolute Gasteiger partial charge is 0.457 e. The van der Waals surface area contributed by atoms with Crippen molar-refractivity contribution in [3.8, 4) is 34.1 Å². The highest BCUT2D eigenvalue weighted by molar-refractivity contribution is 5.72. The summed E-state index contributed by atoms with van der Waals surface area (Å²) in [6, 6.07) is 42.1. The molecular formula is C53H47F9O2. The van der Waals surface area contributed by atoms with Gasteiger partial charge >= 0.3 is 18.5 Å². The van der Waals surface area contributed by atoms with Crippen LogP contribution >= 0.6 is 0 Å². The Morgan fingerprint density at radius 3 is 1.05 bits per heavy atom. The number of aryl methyl sites for hydroxylation is 7. The molecular weight excluding hydrogens is 840 g/mol. The minimum absolute atomic E-state index is 0.246. The standard InChI is InChI=1S/C20H18O2.C17H14F6.C16H15F3/c1-15-6-3-8-17(12-15)21-19-10-5-11-20(14-19)22-18-9-4-7-16(2)13-18;1-11-3-7-13(8-4-11)15(16(18,19)20,17(21,22)23)14-9-5-12(2)6-10-14;1-10-4-6-13(12(3)8-10)14-7-5-11(2)9-15(14)16(17,18)19/h3-14H,1-2H3;3-10H,1-2H3;4-9H,1-3H3. The molecule has 7 aromatic carbocycles. The molecule has 0 saturated heterocycles. The molecule has 0 aliphatic carbocycles. The van der Waals surface area contributed by atoms with E-state index in [0.29, 0.717) is 22.3 Å². The molecule has 0 unspecified atom stereocenters. The van der Waals surface area contributed by atoms with Crippen LogP contribution in [0.25, 0.3) is 11.1 Å². The zero-order chi connectivity index (χ0) is 47.0. The van der Waals surface area contributed by atoms with Crippen LogP contribution in [-0.2, 0) is 11.6 Å². The van der Waals surface area contributed by atoms with Gasteiger partial charge in [-0.2, -0.15) is 39.5 Å². The molecule has 2 nitrogen and oxygen atoms in total. The summed E-state index contributed by atoms with van der Waals surface area (Å²) < 4.78 is 133. The van der Waals surface area contributed by atoms with Gasteiger partial charge < -0.3 is 9.47 Å². The number of benzene rings is 7. The topological polar surface area (TPSA) is 18.5 Å². The Morgan fingerprint density at radius 2 is 0.672 bits per heavy atom. The number of ether oxygens (including phenoxy) is 2. The molecule has 0 amide bonds. The normalized spacial score (nSPS) is 11.8. The maximum absolute atomic E-state index is 13.7. The first kappa shape index (κ1) is 48.5. The highest BCUT2D eigenvalue weighted by Gasteiger charge is 2.72. The van der Waals surface area contributed by atoms with Crippen LogP contribution in [-0.4, -0.2) is 12.4 Å². The van der Waals surface area contributed by atoms with Crippen molar-refractivity contribution in [2.24, 2.45) is 0 Å². The van der Waals surface area contributed by atoms with Gasteiger partial charge in [0.25, 0.3) is 0 Å². The summed E-state index contributed by atoms with van der Waals surface area (Å²) in [5.74, 6) is 3.17. The lowest BCUT2D eigenvalue weighted by Gasteiger charge is -2.38. The minimum atomic E-state index is -5.53. The van der Waals surface area contributed by atoms with E-state index in [1.165, 1.54) is 41.5 Å². The van der Waals surface area contributed by atoms with Crippen LogP contribution < -0.4 is 9.47 Å². The maximum atomic E-state index is 13.7. The van der Waals surface area contributed by atoms with E-state index >= 15 is 0 Å². The Morgan fingerprint density at radius 1 is 0.328 bits per heavy atom. The van der Waals surface area contributed by atoms with E-state index in [1.807, 2.05) is 113 Å². The fourth-order valence-corrected chi connectivity index (χ4v) is 7.06. The van der Waals surface area contributed by atoms with E-state index in [1.54, 1.807) is 39.0 Å². The quantitative estimate of drug-likeness (QED) is 0.149. The van der Waals surface area contributed by atoms with Crippen LogP contribution in [0.1, 0.15) is 55.6 Å². The van der Waals surface area contributed by atoms with Gasteiger partial charge in [-0.3, -0.25) is 0 Å². The summed E-state index contributed by atoms with van der Waals surface area (Å²) in [5.41, 5.74) is 0.589. The number of hydrogen-bond acceptors (Lipinski definition) is 2. The molecule has 334 valence electrons. The second-order valence-electron chi connectivity index (χ2n) is 15.7. The SMILES string of the molecule is Cc1ccc(-c2ccc(C)cc2C(F)(F)F)c(C)c1.Cc1ccc(C(c2ccc(C)cc2)(C(F)(F)F)C(F)(F)F)cc1.Cc1cccc(Oc2cccc(Oc3cccc(C)c3)c2)c1. The molecule has 11 heteroatoms. The van der Waals surface area contributed by atoms with E-state index in [9.17, 15) is 39.5 Å². The number of halogens is 9. The molecule has 0 aromatic heterocycles. The first-order valence-corrected chi connectivity index (χ1v) is 20.1. The molecule has 0 bridgehead atoms. The number of hydrogen-bond donors (Lipinski definition) is 0. The third kappa shape index (κ3) is 11.9. The van der Waals surface area contributed by atoms with E-state index < -0.39 is 40.6 Å². The molecule has 7 rings (SSSR count). The summed E-state index contributed by atoms with van der Waals surface area (Å²) in [5, 5.41) is 0. The lowest BCUT2D eigenvalue weighted by atomic mass is 9.72. The van der Waals surface area contributed by atoms with Crippen LogP contribution in [0.3, 0.4) is 0 Å². The van der Waals surface area contributed by atoms with Gasteiger partial charge in [0.2, 0.25) is 5.41 Å². The predicted octanol–water partition coefficient (Wildman–Crippen LogP) is 16.9. The zero-order valence-corrected chi connectivity index (χ0v) is 36.2. The number of alkyl halides is 9. The third-order valence-corrected chi connectivity index (χ3v) is 10.2. The van der Waals surface area contributed by atoms with E-state index in [-0.39, 0.29) is 5.56 Å². The fraction of sp³-hybridized carbons (Fsp3) is 0.208. The van der Waals surface area contributed by atoms with Gasteiger partial charge in [-0.05, 0) is 130 Å². The summed E-state index contributed by atoms with van der Waals surface area (Å²) >= 11 is 0. The molecule has 0 aliphatic heterocycles. The third-order valence-electron chi connectivity index (χ3n) is 10.2. The van der Waals surface area contributed by atoms with Crippen molar-refractivity contribution in [2.45, 2.75) is 72.4 Å². The first-order chi connectivity index (χ1) is 30.0. The number of rotatable bonds is 7. The predicted molar refractivity (Wildman–Crippen MR) is 235 cm³/mol. The zero-order valence-electron chi connectivity index (χ0n) is 36.2. The Labute approximate surface area is 368 Å². The van der Waals surface area contributed by atoms with Crippen molar-refractivity contribution < 1.29 is 49.0 Å². The van der Waals surface area contributed by atoms with Crippen LogP contribution in [0, 0.1) is 48.5 Å². The van der Waals surface area contributed by atoms with Crippen molar-refractivity contribution in [2.75, 3.05) is 0 Å². The lowest BCUT2D eigenvalue weighted by Crippen LogP contribution is -2.54. The van der Waals surface area contributed by atoms with Crippen molar-refractivity contribution in [3.63, 3.8) is 0 Å². The van der Waals surface area contributed by atoms with Crippen LogP contribution in [0.2, 0.25) is 0 Å². The van der Waals surface area contributed by atoms with Crippen molar-refractivity contribution in [3.05, 3.63) is 213 Å². The minimum Gasteiger partial charge on any atom is -0.457 e. The first-order valence-electron chi connectivity index (χ1n) is 20.1. The molecule has 7 aromatic rings. The van der Waals surface area contributed by atoms with E-state index in [2.05, 4.69) is 0 Å². The highest BCUT2D eigenvalue weighted by Crippen LogP contribution is 2.56. The Hall–Kier alpha value is -6.49. The molecule has 0 N–H and O–H groups in total. The van der Waals surface area contributed by atoms with Gasteiger partial charge in [0.1, 0.15) is 23.0 Å². The van der Waals surface area contributed by atoms with Gasteiger partial charge in [0.15, 0.2) is 0 Å². The van der Waals surface area contributed by atoms with Gasteiger partial charge in [0, 0.05) is 6.07 Å². The smallest absolute Gasteiger partial charge is 0.417 e. The molecule has 0 aliphatic rings. The molecule has 0 spiro atoms. The summed E-state index contributed by atoms with van der Waals surface area (Å²) in [7, 11) is 0. The fourth-order valence-electron chi connectivity index (χ4n) is 7.06. The van der Waals surface area contributed by atoms with Crippen LogP contribution in [0.15, 0.2) is 158 Å². The Balaban J connectivity index is 0.000000181. The summed E-state index contributed by atoms with van der Waals surface area (Å²) in [6.45, 7) is 12.7. The molecule has 0 saturated carbocycles. The second-order valence-corrected chi connectivity index (χ2v) is 15.7. The maximum Gasteiger partial charge on any atom is 0.417 e. The Kier molecular flexibility index (Phi) is 15.1. The van der Waals surface area contributed by atoms with Crippen molar-refractivity contribution in [1.29, 1.82) is 0 Å².